The van der Waals surface area contributed by atoms with Gasteiger partial charge in [-0.3, -0.25) is 4.79 Å². The number of anilines is 1. The summed E-state index contributed by atoms with van der Waals surface area (Å²) in [6.45, 7) is 10.9. The van der Waals surface area contributed by atoms with Gasteiger partial charge in [0.1, 0.15) is 0 Å². The predicted molar refractivity (Wildman–Crippen MR) is 112 cm³/mol. The van der Waals surface area contributed by atoms with E-state index in [1.54, 1.807) is 11.1 Å². The molecule has 4 heterocycles. The molecule has 1 aromatic heterocycles. The Bertz CT molecular complexity index is 909. The highest BCUT2D eigenvalue weighted by Gasteiger charge is 2.48. The Morgan fingerprint density at radius 1 is 1.24 bits per heavy atom. The molecule has 7 nitrogen and oxygen atoms in total. The lowest BCUT2D eigenvalue weighted by molar-refractivity contribution is -0.132. The van der Waals surface area contributed by atoms with Gasteiger partial charge in [-0.05, 0) is 24.2 Å². The Balaban J connectivity index is 1.63. The van der Waals surface area contributed by atoms with Crippen molar-refractivity contribution >= 4 is 21.7 Å². The highest BCUT2D eigenvalue weighted by atomic mass is 32.2. The van der Waals surface area contributed by atoms with Crippen molar-refractivity contribution < 1.29 is 13.2 Å². The number of aromatic nitrogens is 2. The van der Waals surface area contributed by atoms with Crippen LogP contribution in [-0.4, -0.2) is 60.6 Å². The van der Waals surface area contributed by atoms with Crippen LogP contribution in [-0.2, 0) is 20.4 Å². The predicted octanol–water partition coefficient (Wildman–Crippen LogP) is 2.37. The first kappa shape index (κ1) is 20.6. The van der Waals surface area contributed by atoms with Crippen molar-refractivity contribution in [3.8, 4) is 0 Å². The van der Waals surface area contributed by atoms with E-state index in [0.717, 1.165) is 25.2 Å². The van der Waals surface area contributed by atoms with Gasteiger partial charge in [0.05, 0.1) is 16.7 Å². The molecule has 3 atom stereocenters. The normalized spacial score (nSPS) is 28.8. The van der Waals surface area contributed by atoms with Crippen LogP contribution in [0.15, 0.2) is 6.20 Å². The number of nitrogens with zero attached hydrogens (tertiary/aromatic N) is 4. The molecule has 0 aromatic carbocycles. The van der Waals surface area contributed by atoms with Gasteiger partial charge in [0, 0.05) is 50.3 Å². The third kappa shape index (κ3) is 4.13. The summed E-state index contributed by atoms with van der Waals surface area (Å²) >= 11 is 0. The molecule has 0 N–H and O–H groups in total. The van der Waals surface area contributed by atoms with Crippen molar-refractivity contribution in [2.24, 2.45) is 11.3 Å². The topological polar surface area (TPSA) is 83.5 Å². The second-order valence-corrected chi connectivity index (χ2v) is 12.5. The molecule has 1 aromatic rings. The van der Waals surface area contributed by atoms with E-state index in [1.165, 1.54) is 6.42 Å². The average molecular weight is 421 g/mol. The Hall–Kier alpha value is -1.70. The van der Waals surface area contributed by atoms with Crippen LogP contribution in [0.1, 0.15) is 64.1 Å². The van der Waals surface area contributed by atoms with Crippen LogP contribution in [0.5, 0.6) is 0 Å². The van der Waals surface area contributed by atoms with Crippen LogP contribution in [0, 0.1) is 11.3 Å². The van der Waals surface area contributed by atoms with E-state index in [1.807, 2.05) is 20.8 Å². The number of hydrogen-bond acceptors (Lipinski definition) is 6. The van der Waals surface area contributed by atoms with E-state index in [9.17, 15) is 13.2 Å². The van der Waals surface area contributed by atoms with Gasteiger partial charge in [-0.15, -0.1) is 0 Å². The van der Waals surface area contributed by atoms with Crippen LogP contribution in [0.25, 0.3) is 0 Å². The maximum Gasteiger partial charge on any atom is 0.225 e. The summed E-state index contributed by atoms with van der Waals surface area (Å²) in [4.78, 5) is 26.1. The molecule has 0 aliphatic carbocycles. The molecule has 0 saturated carbocycles. The lowest BCUT2D eigenvalue weighted by atomic mass is 9.91. The smallest absolute Gasteiger partial charge is 0.225 e. The number of carbonyl (C=O) groups is 1. The first-order valence-electron chi connectivity index (χ1n) is 10.6. The van der Waals surface area contributed by atoms with E-state index >= 15 is 0 Å². The summed E-state index contributed by atoms with van der Waals surface area (Å²) in [6.07, 6.45) is 4.46. The molecule has 1 amide bonds. The monoisotopic (exact) mass is 420 g/mol. The first-order valence-corrected chi connectivity index (χ1v) is 12.4. The Labute approximate surface area is 173 Å². The Morgan fingerprint density at radius 2 is 2.00 bits per heavy atom. The number of likely N-dealkylation sites (tertiary alicyclic amines) is 1. The fraction of sp³-hybridized carbons (Fsp3) is 0.762. The molecule has 8 heteroatoms. The standard InChI is InChI=1S/C21H32N4O3S/c1-14-6-5-7-24(10-14)20-22-9-15-13-29(27,28)17-12-25(11-16(17)19(15)23-20)18(26)8-21(2,3)4/h9,14,16-17H,5-8,10-13H2,1-4H3/t14?,16-,17+/m0/s1. The maximum absolute atomic E-state index is 12.9. The molecule has 3 aliphatic heterocycles. The summed E-state index contributed by atoms with van der Waals surface area (Å²) in [6, 6.07) is 0. The van der Waals surface area contributed by atoms with Gasteiger partial charge >= 0.3 is 0 Å². The fourth-order valence-electron chi connectivity index (χ4n) is 4.86. The van der Waals surface area contributed by atoms with Crippen molar-refractivity contribution in [1.82, 2.24) is 14.9 Å². The van der Waals surface area contributed by atoms with Crippen LogP contribution >= 0.6 is 0 Å². The highest BCUT2D eigenvalue weighted by Crippen LogP contribution is 2.40. The summed E-state index contributed by atoms with van der Waals surface area (Å²) in [5.41, 5.74) is 1.41. The molecular weight excluding hydrogens is 388 g/mol. The lowest BCUT2D eigenvalue weighted by Gasteiger charge is -2.32. The molecule has 160 valence electrons. The number of sulfone groups is 1. The van der Waals surface area contributed by atoms with E-state index in [0.29, 0.717) is 30.4 Å². The molecule has 2 fully saturated rings. The molecule has 0 radical (unpaired) electrons. The second-order valence-electron chi connectivity index (χ2n) is 10.3. The highest BCUT2D eigenvalue weighted by molar-refractivity contribution is 7.91. The van der Waals surface area contributed by atoms with E-state index < -0.39 is 15.1 Å². The molecule has 4 rings (SSSR count). The van der Waals surface area contributed by atoms with Crippen molar-refractivity contribution in [2.75, 3.05) is 31.1 Å². The molecule has 29 heavy (non-hydrogen) atoms. The fourth-order valence-corrected chi connectivity index (χ4v) is 6.85. The molecule has 3 aliphatic rings. The van der Waals surface area contributed by atoms with Crippen LogP contribution in [0.3, 0.4) is 0 Å². The van der Waals surface area contributed by atoms with E-state index in [4.69, 9.17) is 4.98 Å². The minimum Gasteiger partial charge on any atom is -0.341 e. The number of hydrogen-bond donors (Lipinski definition) is 0. The second kappa shape index (κ2) is 7.22. The molecular formula is C21H32N4O3S. The van der Waals surface area contributed by atoms with E-state index in [2.05, 4.69) is 16.8 Å². The quantitative estimate of drug-likeness (QED) is 0.730. The summed E-state index contributed by atoms with van der Waals surface area (Å²) in [5, 5.41) is -0.554. The van der Waals surface area contributed by atoms with Crippen LogP contribution < -0.4 is 4.90 Å². The number of amides is 1. The molecule has 2 saturated heterocycles. The number of carbonyl (C=O) groups excluding carboxylic acids is 1. The minimum absolute atomic E-state index is 0.0263. The van der Waals surface area contributed by atoms with Gasteiger partial charge in [-0.25, -0.2) is 18.4 Å². The number of piperidine rings is 1. The summed E-state index contributed by atoms with van der Waals surface area (Å²) < 4.78 is 25.8. The number of fused-ring (bicyclic) bond motifs is 3. The van der Waals surface area contributed by atoms with Gasteiger partial charge in [0.25, 0.3) is 0 Å². The summed E-state index contributed by atoms with van der Waals surface area (Å²) in [7, 11) is -3.32. The average Bonchev–Trinajstić information content (AvgIpc) is 3.07. The Morgan fingerprint density at radius 3 is 2.69 bits per heavy atom. The van der Waals surface area contributed by atoms with Crippen molar-refractivity contribution in [3.05, 3.63) is 17.5 Å². The minimum atomic E-state index is -3.32. The van der Waals surface area contributed by atoms with Crippen molar-refractivity contribution in [1.29, 1.82) is 0 Å². The van der Waals surface area contributed by atoms with Gasteiger partial charge in [0.15, 0.2) is 9.84 Å². The summed E-state index contributed by atoms with van der Waals surface area (Å²) in [5.74, 6) is 1.06. The van der Waals surface area contributed by atoms with Gasteiger partial charge in [-0.1, -0.05) is 27.7 Å². The largest absolute Gasteiger partial charge is 0.341 e. The van der Waals surface area contributed by atoms with Crippen LogP contribution in [0.2, 0.25) is 0 Å². The number of rotatable bonds is 2. The lowest BCUT2D eigenvalue weighted by Crippen LogP contribution is -2.38. The van der Waals surface area contributed by atoms with Crippen molar-refractivity contribution in [2.45, 2.75) is 63.9 Å². The molecule has 0 bridgehead atoms. The SMILES string of the molecule is CC1CCCN(c2ncc3c(n2)[C@H]2CN(C(=O)CC(C)(C)C)C[C@H]2S(=O)(=O)C3)C1. The zero-order valence-electron chi connectivity index (χ0n) is 17.9. The van der Waals surface area contributed by atoms with Gasteiger partial charge < -0.3 is 9.80 Å². The first-order chi connectivity index (χ1) is 13.5. The zero-order valence-corrected chi connectivity index (χ0v) is 18.7. The zero-order chi connectivity index (χ0) is 21.0. The molecule has 0 spiro atoms. The van der Waals surface area contributed by atoms with Crippen LogP contribution in [0.4, 0.5) is 5.95 Å². The molecule has 1 unspecified atom stereocenters. The van der Waals surface area contributed by atoms with Crippen molar-refractivity contribution in [3.63, 3.8) is 0 Å². The van der Waals surface area contributed by atoms with E-state index in [-0.39, 0.29) is 29.5 Å². The van der Waals surface area contributed by atoms with Gasteiger partial charge in [-0.2, -0.15) is 0 Å². The maximum atomic E-state index is 12.9. The third-order valence-electron chi connectivity index (χ3n) is 6.29. The third-order valence-corrected chi connectivity index (χ3v) is 8.41. The van der Waals surface area contributed by atoms with Gasteiger partial charge in [0.2, 0.25) is 11.9 Å². The Kier molecular flexibility index (Phi) is 5.12.